The summed E-state index contributed by atoms with van der Waals surface area (Å²) in [5.74, 6) is -0.103. The number of carbonyl (C=O) groups excluding carboxylic acids is 1. The number of nitrogens with one attached hydrogen (secondary N) is 1. The topological polar surface area (TPSA) is 59.2 Å². The van der Waals surface area contributed by atoms with Gasteiger partial charge in [0, 0.05) is 18.7 Å². The van der Waals surface area contributed by atoms with Crippen LogP contribution in [-0.2, 0) is 10.2 Å². The monoisotopic (exact) mass is 285 g/mol. The lowest BCUT2D eigenvalue weighted by atomic mass is 9.85. The highest BCUT2D eigenvalue weighted by Gasteiger charge is 2.26. The normalized spacial score (nSPS) is 11.2. The molecule has 0 aliphatic rings. The Morgan fingerprint density at radius 2 is 1.76 bits per heavy atom. The van der Waals surface area contributed by atoms with Gasteiger partial charge in [-0.3, -0.25) is 9.59 Å². The zero-order valence-electron chi connectivity index (χ0n) is 12.7. The third-order valence-electron chi connectivity index (χ3n) is 3.13. The van der Waals surface area contributed by atoms with E-state index in [2.05, 4.69) is 4.98 Å². The van der Waals surface area contributed by atoms with Gasteiger partial charge in [-0.25, -0.2) is 0 Å². The summed E-state index contributed by atoms with van der Waals surface area (Å²) in [5, 5.41) is 0. The number of H-pyrrole nitrogens is 1. The summed E-state index contributed by atoms with van der Waals surface area (Å²) in [6.45, 7) is 7.08. The Bertz CT molecular complexity index is 709. The molecule has 21 heavy (non-hydrogen) atoms. The molecule has 1 aromatic heterocycles. The van der Waals surface area contributed by atoms with Gasteiger partial charge in [-0.05, 0) is 11.0 Å². The molecular weight excluding hydrogens is 266 g/mol. The SMILES string of the molecule is CC(=O)Oc1c(-c2ccccc2)c[nH]c(=O)c1C(C)(C)C. The van der Waals surface area contributed by atoms with Gasteiger partial charge < -0.3 is 9.72 Å². The molecule has 4 nitrogen and oxygen atoms in total. The summed E-state index contributed by atoms with van der Waals surface area (Å²) in [5.41, 5.74) is 1.38. The second-order valence-electron chi connectivity index (χ2n) is 5.95. The molecule has 0 unspecified atom stereocenters. The van der Waals surface area contributed by atoms with Gasteiger partial charge in [0.1, 0.15) is 5.75 Å². The Hall–Kier alpha value is -2.36. The number of hydrogen-bond donors (Lipinski definition) is 1. The van der Waals surface area contributed by atoms with E-state index in [4.69, 9.17) is 4.74 Å². The maximum Gasteiger partial charge on any atom is 0.308 e. The minimum absolute atomic E-state index is 0.238. The van der Waals surface area contributed by atoms with Gasteiger partial charge in [0.05, 0.1) is 5.56 Å². The number of benzene rings is 1. The van der Waals surface area contributed by atoms with Crippen molar-refractivity contribution in [2.45, 2.75) is 33.1 Å². The van der Waals surface area contributed by atoms with Crippen molar-refractivity contribution in [2.75, 3.05) is 0 Å². The van der Waals surface area contributed by atoms with E-state index in [0.717, 1.165) is 5.56 Å². The molecule has 0 radical (unpaired) electrons. The summed E-state index contributed by atoms with van der Waals surface area (Å²) in [6.07, 6.45) is 1.59. The van der Waals surface area contributed by atoms with Crippen LogP contribution in [0.15, 0.2) is 41.3 Å². The Kier molecular flexibility index (Phi) is 3.98. The van der Waals surface area contributed by atoms with Gasteiger partial charge in [-0.2, -0.15) is 0 Å². The van der Waals surface area contributed by atoms with E-state index in [1.165, 1.54) is 6.92 Å². The van der Waals surface area contributed by atoms with Crippen LogP contribution in [0.4, 0.5) is 0 Å². The standard InChI is InChI=1S/C17H19NO3/c1-11(19)21-15-13(12-8-6-5-7-9-12)10-18-16(20)14(15)17(2,3)4/h5-10H,1-4H3,(H,18,20). The van der Waals surface area contributed by atoms with Gasteiger partial charge in [-0.15, -0.1) is 0 Å². The van der Waals surface area contributed by atoms with Crippen molar-refractivity contribution < 1.29 is 9.53 Å². The number of aromatic amines is 1. The van der Waals surface area contributed by atoms with E-state index >= 15 is 0 Å². The predicted molar refractivity (Wildman–Crippen MR) is 82.5 cm³/mol. The molecule has 2 aromatic rings. The number of pyridine rings is 1. The van der Waals surface area contributed by atoms with Crippen LogP contribution < -0.4 is 10.3 Å². The van der Waals surface area contributed by atoms with Crippen molar-refractivity contribution in [2.24, 2.45) is 0 Å². The molecule has 0 aliphatic carbocycles. The van der Waals surface area contributed by atoms with Crippen LogP contribution in [0, 0.1) is 0 Å². The van der Waals surface area contributed by atoms with E-state index in [9.17, 15) is 9.59 Å². The van der Waals surface area contributed by atoms with E-state index in [-0.39, 0.29) is 5.56 Å². The first-order chi connectivity index (χ1) is 9.80. The Morgan fingerprint density at radius 3 is 2.29 bits per heavy atom. The van der Waals surface area contributed by atoms with Gasteiger partial charge >= 0.3 is 5.97 Å². The molecule has 1 aromatic carbocycles. The maximum absolute atomic E-state index is 12.2. The Labute approximate surface area is 123 Å². The summed E-state index contributed by atoms with van der Waals surface area (Å²) in [4.78, 5) is 26.4. The Morgan fingerprint density at radius 1 is 1.14 bits per heavy atom. The fourth-order valence-electron chi connectivity index (χ4n) is 2.28. The van der Waals surface area contributed by atoms with Crippen LogP contribution in [0.25, 0.3) is 11.1 Å². The molecule has 1 heterocycles. The highest BCUT2D eigenvalue weighted by molar-refractivity contribution is 5.77. The van der Waals surface area contributed by atoms with Crippen LogP contribution in [0.2, 0.25) is 0 Å². The zero-order valence-corrected chi connectivity index (χ0v) is 12.7. The lowest BCUT2D eigenvalue weighted by molar-refractivity contribution is -0.131. The Balaban J connectivity index is 2.78. The first-order valence-corrected chi connectivity index (χ1v) is 6.80. The van der Waals surface area contributed by atoms with E-state index in [1.54, 1.807) is 6.20 Å². The van der Waals surface area contributed by atoms with Crippen molar-refractivity contribution in [1.29, 1.82) is 0 Å². The molecular formula is C17H19NO3. The maximum atomic E-state index is 12.2. The largest absolute Gasteiger partial charge is 0.425 e. The van der Waals surface area contributed by atoms with Crippen LogP contribution in [0.5, 0.6) is 5.75 Å². The predicted octanol–water partition coefficient (Wildman–Crippen LogP) is 3.26. The fraction of sp³-hybridized carbons (Fsp3) is 0.294. The molecule has 0 saturated heterocycles. The molecule has 2 rings (SSSR count). The third kappa shape index (κ3) is 3.21. The first kappa shape index (κ1) is 15.0. The molecule has 0 saturated carbocycles. The molecule has 110 valence electrons. The lowest BCUT2D eigenvalue weighted by Crippen LogP contribution is -2.26. The van der Waals surface area contributed by atoms with Crippen LogP contribution in [0.1, 0.15) is 33.3 Å². The summed E-state index contributed by atoms with van der Waals surface area (Å²) in [6, 6.07) is 9.52. The molecule has 0 amide bonds. The van der Waals surface area contributed by atoms with Gasteiger partial charge in [0.2, 0.25) is 0 Å². The van der Waals surface area contributed by atoms with Gasteiger partial charge in [0.15, 0.2) is 0 Å². The molecule has 0 bridgehead atoms. The number of esters is 1. The van der Waals surface area contributed by atoms with E-state index in [1.807, 2.05) is 51.1 Å². The smallest absolute Gasteiger partial charge is 0.308 e. The van der Waals surface area contributed by atoms with E-state index < -0.39 is 11.4 Å². The van der Waals surface area contributed by atoms with Crippen LogP contribution in [0.3, 0.4) is 0 Å². The highest BCUT2D eigenvalue weighted by atomic mass is 16.5. The van der Waals surface area contributed by atoms with Crippen molar-refractivity contribution in [1.82, 2.24) is 4.98 Å². The number of carbonyl (C=O) groups is 1. The zero-order chi connectivity index (χ0) is 15.6. The molecule has 0 spiro atoms. The van der Waals surface area contributed by atoms with Crippen molar-refractivity contribution in [3.05, 3.63) is 52.4 Å². The third-order valence-corrected chi connectivity index (χ3v) is 3.13. The molecule has 0 aliphatic heterocycles. The number of ether oxygens (including phenoxy) is 1. The fourth-order valence-corrected chi connectivity index (χ4v) is 2.28. The summed E-state index contributed by atoms with van der Waals surface area (Å²) in [7, 11) is 0. The van der Waals surface area contributed by atoms with Gasteiger partial charge in [0.25, 0.3) is 5.56 Å². The van der Waals surface area contributed by atoms with Crippen LogP contribution in [-0.4, -0.2) is 11.0 Å². The van der Waals surface area contributed by atoms with E-state index in [0.29, 0.717) is 16.9 Å². The van der Waals surface area contributed by atoms with Crippen molar-refractivity contribution in [3.8, 4) is 16.9 Å². The average molecular weight is 285 g/mol. The molecule has 1 N–H and O–H groups in total. The second-order valence-corrected chi connectivity index (χ2v) is 5.95. The lowest BCUT2D eigenvalue weighted by Gasteiger charge is -2.22. The van der Waals surface area contributed by atoms with Crippen molar-refractivity contribution >= 4 is 5.97 Å². The first-order valence-electron chi connectivity index (χ1n) is 6.80. The second kappa shape index (κ2) is 5.56. The highest BCUT2D eigenvalue weighted by Crippen LogP contribution is 2.36. The molecule has 0 atom stereocenters. The number of hydrogen-bond acceptors (Lipinski definition) is 3. The molecule has 4 heteroatoms. The summed E-state index contributed by atoms with van der Waals surface area (Å²) >= 11 is 0. The van der Waals surface area contributed by atoms with Crippen molar-refractivity contribution in [3.63, 3.8) is 0 Å². The number of rotatable bonds is 2. The minimum atomic E-state index is -0.441. The van der Waals surface area contributed by atoms with Crippen LogP contribution >= 0.6 is 0 Å². The number of aromatic nitrogens is 1. The van der Waals surface area contributed by atoms with Gasteiger partial charge in [-0.1, -0.05) is 51.1 Å². The molecule has 0 fully saturated rings. The minimum Gasteiger partial charge on any atom is -0.425 e. The average Bonchev–Trinajstić information content (AvgIpc) is 2.37. The summed E-state index contributed by atoms with van der Waals surface area (Å²) < 4.78 is 5.38. The quantitative estimate of drug-likeness (QED) is 0.861.